The molecule has 2 heterocycles. The van der Waals surface area contributed by atoms with Gasteiger partial charge >= 0.3 is 5.69 Å². The van der Waals surface area contributed by atoms with Crippen LogP contribution in [-0.2, 0) is 13.6 Å². The number of aromatic nitrogens is 2. The lowest BCUT2D eigenvalue weighted by Crippen LogP contribution is -2.46. The zero-order valence-electron chi connectivity index (χ0n) is 21.0. The molecule has 1 aromatic heterocycles. The van der Waals surface area contributed by atoms with E-state index in [9.17, 15) is 9.59 Å². The second-order valence-electron chi connectivity index (χ2n) is 9.01. The fraction of sp³-hybridized carbons (Fsp3) is 0.481. The lowest BCUT2D eigenvalue weighted by atomic mass is 10.2. The topological polar surface area (TPSA) is 59.7 Å². The molecule has 1 saturated heterocycles. The van der Waals surface area contributed by atoms with Gasteiger partial charge in [-0.1, -0.05) is 25.1 Å². The minimum atomic E-state index is -0.291. The number of aryl methyl sites for hydroxylation is 1. The number of nitrogens with zero attached hydrogens (tertiary/aromatic N) is 4. The highest BCUT2D eigenvalue weighted by atomic mass is 32.2. The van der Waals surface area contributed by atoms with Crippen molar-refractivity contribution in [3.63, 3.8) is 0 Å². The summed E-state index contributed by atoms with van der Waals surface area (Å²) in [5.74, 6) is 1.69. The van der Waals surface area contributed by atoms with Gasteiger partial charge in [-0.2, -0.15) is 0 Å². The van der Waals surface area contributed by atoms with Crippen molar-refractivity contribution in [3.05, 3.63) is 63.3 Å². The third-order valence-electron chi connectivity index (χ3n) is 6.69. The summed E-state index contributed by atoms with van der Waals surface area (Å²) in [6, 6.07) is 14.1. The Kier molecular flexibility index (Phi) is 8.57. The van der Waals surface area contributed by atoms with Crippen LogP contribution in [0.4, 0.5) is 5.69 Å². The summed E-state index contributed by atoms with van der Waals surface area (Å²) in [7, 11) is 3.25. The fourth-order valence-corrected chi connectivity index (χ4v) is 5.73. The van der Waals surface area contributed by atoms with Gasteiger partial charge in [0.15, 0.2) is 0 Å². The molecule has 7 nitrogen and oxygen atoms in total. The van der Waals surface area contributed by atoms with Crippen LogP contribution in [0.2, 0.25) is 0 Å². The van der Waals surface area contributed by atoms with Gasteiger partial charge in [0.2, 0.25) is 0 Å². The molecule has 0 bridgehead atoms. The molecule has 0 unspecified atom stereocenters. The number of hydrogen-bond donors (Lipinski definition) is 0. The van der Waals surface area contributed by atoms with Crippen LogP contribution >= 0.6 is 11.8 Å². The van der Waals surface area contributed by atoms with Gasteiger partial charge in [-0.3, -0.25) is 18.8 Å². The van der Waals surface area contributed by atoms with Gasteiger partial charge < -0.3 is 9.64 Å². The molecular formula is C27H36N4O3S. The lowest BCUT2D eigenvalue weighted by molar-refractivity contribution is 0.250. The summed E-state index contributed by atoms with van der Waals surface area (Å²) in [5, 5.41) is 0.514. The summed E-state index contributed by atoms with van der Waals surface area (Å²) < 4.78 is 8.25. The first-order valence-corrected chi connectivity index (χ1v) is 13.5. The number of hydrogen-bond acceptors (Lipinski definition) is 6. The van der Waals surface area contributed by atoms with Crippen LogP contribution in [0.1, 0.15) is 26.2 Å². The van der Waals surface area contributed by atoms with Crippen molar-refractivity contribution in [1.29, 1.82) is 0 Å². The molecule has 1 aliphatic heterocycles. The number of thioether (sulfide) groups is 1. The van der Waals surface area contributed by atoms with Crippen molar-refractivity contribution in [1.82, 2.24) is 14.0 Å². The number of methoxy groups -OCH3 is 1. The predicted octanol–water partition coefficient (Wildman–Crippen LogP) is 3.81. The standard InChI is InChI=1S/C27H36N4O3S/c1-4-20-35-24-13-6-5-11-22(24)30-18-16-29(17-19-30)14-7-8-15-31-26(32)21-10-9-12-23(34-3)25(21)28(2)27(31)33/h5-6,9-13H,4,7-8,14-20H2,1-3H3. The highest BCUT2D eigenvalue weighted by Crippen LogP contribution is 2.31. The van der Waals surface area contributed by atoms with Crippen LogP contribution in [0, 0.1) is 0 Å². The van der Waals surface area contributed by atoms with E-state index in [1.54, 1.807) is 32.4 Å². The van der Waals surface area contributed by atoms with E-state index in [0.29, 0.717) is 23.2 Å². The van der Waals surface area contributed by atoms with Crippen LogP contribution in [0.25, 0.3) is 10.9 Å². The Bertz CT molecular complexity index is 1260. The Morgan fingerprint density at radius 2 is 1.69 bits per heavy atom. The molecule has 1 fully saturated rings. The van der Waals surface area contributed by atoms with E-state index in [-0.39, 0.29) is 11.2 Å². The third kappa shape index (κ3) is 5.59. The largest absolute Gasteiger partial charge is 0.495 e. The van der Waals surface area contributed by atoms with E-state index < -0.39 is 0 Å². The van der Waals surface area contributed by atoms with E-state index in [0.717, 1.165) is 51.3 Å². The van der Waals surface area contributed by atoms with Gasteiger partial charge in [0.25, 0.3) is 5.56 Å². The van der Waals surface area contributed by atoms with Gasteiger partial charge in [0, 0.05) is 44.7 Å². The molecule has 8 heteroatoms. The molecule has 0 spiro atoms. The van der Waals surface area contributed by atoms with Crippen molar-refractivity contribution in [3.8, 4) is 5.75 Å². The van der Waals surface area contributed by atoms with Crippen molar-refractivity contribution in [2.45, 2.75) is 37.6 Å². The van der Waals surface area contributed by atoms with E-state index in [1.165, 1.54) is 26.1 Å². The third-order valence-corrected chi connectivity index (χ3v) is 7.96. The highest BCUT2D eigenvalue weighted by Gasteiger charge is 2.19. The normalized spacial score (nSPS) is 14.5. The van der Waals surface area contributed by atoms with Crippen LogP contribution < -0.4 is 20.9 Å². The predicted molar refractivity (Wildman–Crippen MR) is 145 cm³/mol. The molecule has 0 saturated carbocycles. The Hall–Kier alpha value is -2.71. The lowest BCUT2D eigenvalue weighted by Gasteiger charge is -2.37. The average molecular weight is 497 g/mol. The van der Waals surface area contributed by atoms with E-state index >= 15 is 0 Å². The monoisotopic (exact) mass is 496 g/mol. The second-order valence-corrected chi connectivity index (χ2v) is 10.1. The summed E-state index contributed by atoms with van der Waals surface area (Å²) in [6.45, 7) is 7.75. The molecular weight excluding hydrogens is 460 g/mol. The molecule has 35 heavy (non-hydrogen) atoms. The molecule has 0 amide bonds. The fourth-order valence-electron chi connectivity index (χ4n) is 4.78. The van der Waals surface area contributed by atoms with E-state index in [2.05, 4.69) is 41.0 Å². The SMILES string of the molecule is CCCSc1ccccc1N1CCN(CCCCn2c(=O)c3cccc(OC)c3n(C)c2=O)CC1. The van der Waals surface area contributed by atoms with Crippen molar-refractivity contribution >= 4 is 28.4 Å². The van der Waals surface area contributed by atoms with Gasteiger partial charge in [-0.25, -0.2) is 4.79 Å². The van der Waals surface area contributed by atoms with Crippen molar-refractivity contribution in [2.24, 2.45) is 7.05 Å². The molecule has 3 aromatic rings. The Morgan fingerprint density at radius 3 is 2.43 bits per heavy atom. The number of unbranched alkanes of at least 4 members (excludes halogenated alkanes) is 1. The second kappa shape index (κ2) is 11.8. The zero-order valence-corrected chi connectivity index (χ0v) is 21.9. The Labute approximate surface area is 211 Å². The number of piperazine rings is 1. The number of ether oxygens (including phenoxy) is 1. The van der Waals surface area contributed by atoms with Crippen LogP contribution in [0.15, 0.2) is 56.9 Å². The number of para-hydroxylation sites is 2. The van der Waals surface area contributed by atoms with E-state index in [4.69, 9.17) is 4.74 Å². The number of rotatable bonds is 10. The number of benzene rings is 2. The van der Waals surface area contributed by atoms with Crippen molar-refractivity contribution in [2.75, 3.05) is 50.5 Å². The van der Waals surface area contributed by atoms with Gasteiger partial charge in [0.1, 0.15) is 11.3 Å². The summed E-state index contributed by atoms with van der Waals surface area (Å²) in [6.07, 6.45) is 2.93. The van der Waals surface area contributed by atoms with Crippen LogP contribution in [0.3, 0.4) is 0 Å². The molecule has 0 aliphatic carbocycles. The zero-order chi connectivity index (χ0) is 24.8. The summed E-state index contributed by atoms with van der Waals surface area (Å²) >= 11 is 1.94. The molecule has 1 aliphatic rings. The molecule has 0 radical (unpaired) electrons. The average Bonchev–Trinajstić information content (AvgIpc) is 2.90. The first kappa shape index (κ1) is 25.4. The Morgan fingerprint density at radius 1 is 0.943 bits per heavy atom. The van der Waals surface area contributed by atoms with Crippen LogP contribution in [0.5, 0.6) is 5.75 Å². The first-order valence-electron chi connectivity index (χ1n) is 12.5. The molecule has 188 valence electrons. The maximum atomic E-state index is 13.0. The number of anilines is 1. The molecule has 0 atom stereocenters. The van der Waals surface area contributed by atoms with Crippen molar-refractivity contribution < 1.29 is 4.74 Å². The highest BCUT2D eigenvalue weighted by molar-refractivity contribution is 7.99. The molecule has 4 rings (SSSR count). The maximum absolute atomic E-state index is 13.0. The smallest absolute Gasteiger partial charge is 0.331 e. The molecule has 0 N–H and O–H groups in total. The summed E-state index contributed by atoms with van der Waals surface area (Å²) in [5.41, 5.74) is 1.37. The van der Waals surface area contributed by atoms with Gasteiger partial charge in [-0.05, 0) is 55.8 Å². The maximum Gasteiger partial charge on any atom is 0.331 e. The quantitative estimate of drug-likeness (QED) is 0.314. The van der Waals surface area contributed by atoms with Gasteiger partial charge in [0.05, 0.1) is 18.2 Å². The summed E-state index contributed by atoms with van der Waals surface area (Å²) in [4.78, 5) is 32.3. The molecule has 2 aromatic carbocycles. The van der Waals surface area contributed by atoms with Crippen LogP contribution in [-0.4, -0.2) is 59.6 Å². The number of fused-ring (bicyclic) bond motifs is 1. The first-order chi connectivity index (χ1) is 17.0. The minimum absolute atomic E-state index is 0.241. The van der Waals surface area contributed by atoms with E-state index in [1.807, 2.05) is 11.8 Å². The van der Waals surface area contributed by atoms with Gasteiger partial charge in [-0.15, -0.1) is 11.8 Å². The minimum Gasteiger partial charge on any atom is -0.495 e. The Balaban J connectivity index is 1.32.